The molecule has 0 amide bonds. The molecule has 3 aromatic heterocycles. The fraction of sp³-hybridized carbons (Fsp3) is 0.357. The predicted molar refractivity (Wildman–Crippen MR) is 85.3 cm³/mol. The van der Waals surface area contributed by atoms with E-state index < -0.39 is 0 Å². The number of aromatic nitrogens is 4. The third kappa shape index (κ3) is 2.88. The molecule has 21 heavy (non-hydrogen) atoms. The van der Waals surface area contributed by atoms with E-state index in [4.69, 9.17) is 0 Å². The average molecular weight is 302 g/mol. The molecule has 0 aliphatic carbocycles. The van der Waals surface area contributed by atoms with Crippen LogP contribution in [0.15, 0.2) is 23.0 Å². The molecule has 110 valence electrons. The molecule has 0 bridgehead atoms. The van der Waals surface area contributed by atoms with Crippen molar-refractivity contribution < 1.29 is 0 Å². The molecule has 0 saturated heterocycles. The molecule has 0 atom stereocenters. The Morgan fingerprint density at radius 3 is 2.90 bits per heavy atom. The molecule has 1 N–H and O–H groups in total. The first-order valence-electron chi connectivity index (χ1n) is 6.73. The zero-order chi connectivity index (χ0) is 14.8. The molecular formula is C14H18N6S. The number of thiophene rings is 1. The summed E-state index contributed by atoms with van der Waals surface area (Å²) in [4.78, 5) is 11.4. The zero-order valence-electron chi connectivity index (χ0n) is 12.4. The minimum atomic E-state index is 0.700. The Morgan fingerprint density at radius 1 is 1.33 bits per heavy atom. The lowest BCUT2D eigenvalue weighted by Crippen LogP contribution is -2.19. The molecular weight excluding hydrogens is 284 g/mol. The van der Waals surface area contributed by atoms with Crippen LogP contribution in [0.3, 0.4) is 0 Å². The first-order valence-corrected chi connectivity index (χ1v) is 7.67. The van der Waals surface area contributed by atoms with E-state index in [1.807, 2.05) is 14.1 Å². The number of anilines is 1. The lowest BCUT2D eigenvalue weighted by atomic mass is 10.3. The summed E-state index contributed by atoms with van der Waals surface area (Å²) in [6.07, 6.45) is 1.79. The topological polar surface area (TPSA) is 58.9 Å². The fourth-order valence-electron chi connectivity index (χ4n) is 2.32. The maximum Gasteiger partial charge on any atom is 0.163 e. The maximum atomic E-state index is 4.62. The van der Waals surface area contributed by atoms with Crippen LogP contribution in [0.2, 0.25) is 0 Å². The van der Waals surface area contributed by atoms with Gasteiger partial charge in [0.1, 0.15) is 11.6 Å². The molecule has 0 radical (unpaired) electrons. The first-order chi connectivity index (χ1) is 10.2. The number of rotatable bonds is 5. The van der Waals surface area contributed by atoms with Gasteiger partial charge in [-0.3, -0.25) is 9.58 Å². The first kappa shape index (κ1) is 14.0. The smallest absolute Gasteiger partial charge is 0.163 e. The highest BCUT2D eigenvalue weighted by molar-refractivity contribution is 7.07. The SMILES string of the molecule is CNc1nc(CN(C)Cc2ccsc2)nc2c1cnn2C. The predicted octanol–water partition coefficient (Wildman–Crippen LogP) is 2.10. The van der Waals surface area contributed by atoms with E-state index >= 15 is 0 Å². The molecule has 0 aliphatic rings. The van der Waals surface area contributed by atoms with Gasteiger partial charge in [-0.25, -0.2) is 9.97 Å². The van der Waals surface area contributed by atoms with Crippen LogP contribution in [0.4, 0.5) is 5.82 Å². The second-order valence-electron chi connectivity index (χ2n) is 5.05. The zero-order valence-corrected chi connectivity index (χ0v) is 13.2. The van der Waals surface area contributed by atoms with Gasteiger partial charge in [0.05, 0.1) is 18.1 Å². The summed E-state index contributed by atoms with van der Waals surface area (Å²) in [7, 11) is 5.84. The maximum absolute atomic E-state index is 4.62. The summed E-state index contributed by atoms with van der Waals surface area (Å²) in [6.45, 7) is 1.59. The van der Waals surface area contributed by atoms with Gasteiger partial charge in [-0.15, -0.1) is 0 Å². The Bertz CT molecular complexity index is 733. The molecule has 6 nitrogen and oxygen atoms in total. The monoisotopic (exact) mass is 302 g/mol. The molecule has 7 heteroatoms. The second kappa shape index (κ2) is 5.79. The standard InChI is InChI=1S/C14H18N6S/c1-15-13-11-6-16-20(3)14(11)18-12(17-13)8-19(2)7-10-4-5-21-9-10/h4-6,9H,7-8H2,1-3H3,(H,15,17,18). The third-order valence-electron chi connectivity index (χ3n) is 3.32. The van der Waals surface area contributed by atoms with Gasteiger partial charge in [0, 0.05) is 20.6 Å². The van der Waals surface area contributed by atoms with E-state index in [1.54, 1.807) is 22.2 Å². The fourth-order valence-corrected chi connectivity index (χ4v) is 2.98. The Hall–Kier alpha value is -1.99. The Balaban J connectivity index is 1.84. The number of hydrogen-bond donors (Lipinski definition) is 1. The highest BCUT2D eigenvalue weighted by atomic mass is 32.1. The van der Waals surface area contributed by atoms with Crippen LogP contribution >= 0.6 is 11.3 Å². The van der Waals surface area contributed by atoms with Crippen molar-refractivity contribution in [3.8, 4) is 0 Å². The number of fused-ring (bicyclic) bond motifs is 1. The van der Waals surface area contributed by atoms with Crippen LogP contribution in [0.5, 0.6) is 0 Å². The van der Waals surface area contributed by atoms with Gasteiger partial charge >= 0.3 is 0 Å². The van der Waals surface area contributed by atoms with Crippen molar-refractivity contribution in [3.05, 3.63) is 34.4 Å². The van der Waals surface area contributed by atoms with Crippen LogP contribution in [0.25, 0.3) is 11.0 Å². The van der Waals surface area contributed by atoms with Crippen LogP contribution in [0.1, 0.15) is 11.4 Å². The van der Waals surface area contributed by atoms with Crippen molar-refractivity contribution in [1.29, 1.82) is 0 Å². The van der Waals surface area contributed by atoms with Crippen LogP contribution in [0, 0.1) is 0 Å². The third-order valence-corrected chi connectivity index (χ3v) is 4.05. The van der Waals surface area contributed by atoms with Crippen molar-refractivity contribution in [2.75, 3.05) is 19.4 Å². The van der Waals surface area contributed by atoms with Crippen molar-refractivity contribution >= 4 is 28.2 Å². The molecule has 3 rings (SSSR count). The van der Waals surface area contributed by atoms with E-state index in [2.05, 4.69) is 49.2 Å². The summed E-state index contributed by atoms with van der Waals surface area (Å²) < 4.78 is 1.78. The summed E-state index contributed by atoms with van der Waals surface area (Å²) in [6, 6.07) is 2.14. The van der Waals surface area contributed by atoms with E-state index in [9.17, 15) is 0 Å². The summed E-state index contributed by atoms with van der Waals surface area (Å²) in [5.74, 6) is 1.63. The van der Waals surface area contributed by atoms with Gasteiger partial charge < -0.3 is 5.32 Å². The Labute approximate surface area is 127 Å². The summed E-state index contributed by atoms with van der Waals surface area (Å²) in [5, 5.41) is 12.6. The van der Waals surface area contributed by atoms with Crippen molar-refractivity contribution in [3.63, 3.8) is 0 Å². The highest BCUT2D eigenvalue weighted by Gasteiger charge is 2.12. The van der Waals surface area contributed by atoms with Crippen molar-refractivity contribution in [1.82, 2.24) is 24.6 Å². The van der Waals surface area contributed by atoms with Gasteiger partial charge in [-0.1, -0.05) is 0 Å². The van der Waals surface area contributed by atoms with E-state index in [1.165, 1.54) is 5.56 Å². The number of nitrogens with one attached hydrogen (secondary N) is 1. The molecule has 0 aliphatic heterocycles. The molecule has 0 aromatic carbocycles. The summed E-state index contributed by atoms with van der Waals surface area (Å²) >= 11 is 1.72. The normalized spacial score (nSPS) is 11.4. The molecule has 0 fully saturated rings. The van der Waals surface area contributed by atoms with E-state index in [0.717, 1.165) is 29.2 Å². The largest absolute Gasteiger partial charge is 0.372 e. The summed E-state index contributed by atoms with van der Waals surface area (Å²) in [5.41, 5.74) is 2.17. The molecule has 0 spiro atoms. The van der Waals surface area contributed by atoms with Crippen molar-refractivity contribution in [2.45, 2.75) is 13.1 Å². The minimum absolute atomic E-state index is 0.700. The van der Waals surface area contributed by atoms with Crippen molar-refractivity contribution in [2.24, 2.45) is 7.05 Å². The van der Waals surface area contributed by atoms with Gasteiger partial charge in [0.2, 0.25) is 0 Å². The van der Waals surface area contributed by atoms with Gasteiger partial charge in [0.15, 0.2) is 5.65 Å². The molecule has 3 aromatic rings. The highest BCUT2D eigenvalue weighted by Crippen LogP contribution is 2.19. The molecule has 0 unspecified atom stereocenters. The number of hydrogen-bond acceptors (Lipinski definition) is 6. The average Bonchev–Trinajstić information content (AvgIpc) is 3.09. The lowest BCUT2D eigenvalue weighted by molar-refractivity contribution is 0.311. The van der Waals surface area contributed by atoms with Gasteiger partial charge in [0.25, 0.3) is 0 Å². The van der Waals surface area contributed by atoms with Gasteiger partial charge in [-0.2, -0.15) is 16.4 Å². The van der Waals surface area contributed by atoms with Crippen LogP contribution in [-0.2, 0) is 20.1 Å². The quantitative estimate of drug-likeness (QED) is 0.782. The molecule has 3 heterocycles. The van der Waals surface area contributed by atoms with E-state index in [0.29, 0.717) is 6.54 Å². The van der Waals surface area contributed by atoms with E-state index in [-0.39, 0.29) is 0 Å². The lowest BCUT2D eigenvalue weighted by Gasteiger charge is -2.15. The Kier molecular flexibility index (Phi) is 3.85. The number of nitrogens with zero attached hydrogens (tertiary/aromatic N) is 5. The molecule has 0 saturated carbocycles. The minimum Gasteiger partial charge on any atom is -0.372 e. The van der Waals surface area contributed by atoms with Crippen LogP contribution < -0.4 is 5.32 Å². The Morgan fingerprint density at radius 2 is 2.19 bits per heavy atom. The number of aryl methyl sites for hydroxylation is 1. The second-order valence-corrected chi connectivity index (χ2v) is 5.83. The van der Waals surface area contributed by atoms with Crippen LogP contribution in [-0.4, -0.2) is 38.7 Å². The van der Waals surface area contributed by atoms with Gasteiger partial charge in [-0.05, 0) is 29.4 Å².